The fourth-order valence-corrected chi connectivity index (χ4v) is 3.78. The highest BCUT2D eigenvalue weighted by atomic mass is 16.2. The first-order valence-corrected chi connectivity index (χ1v) is 9.67. The van der Waals surface area contributed by atoms with Gasteiger partial charge in [0, 0.05) is 34.4 Å². The molecule has 1 aromatic heterocycles. The van der Waals surface area contributed by atoms with Crippen LogP contribution in [0.25, 0.3) is 11.6 Å². The predicted octanol–water partition coefficient (Wildman–Crippen LogP) is 2.67. The Balaban J connectivity index is 1.54. The molecular formula is C21H23N5O3. The molecule has 3 heterocycles. The number of nitrogens with two attached hydrogens (primary N) is 1. The van der Waals surface area contributed by atoms with Crippen LogP contribution in [-0.4, -0.2) is 47.2 Å². The van der Waals surface area contributed by atoms with E-state index >= 15 is 0 Å². The van der Waals surface area contributed by atoms with E-state index in [-0.39, 0.29) is 11.7 Å². The minimum Gasteiger partial charge on any atom is -0.361 e. The molecule has 29 heavy (non-hydrogen) atoms. The largest absolute Gasteiger partial charge is 0.361 e. The molecule has 2 aliphatic rings. The summed E-state index contributed by atoms with van der Waals surface area (Å²) in [7, 11) is 0. The number of carbonyl (C=O) groups is 3. The Labute approximate surface area is 168 Å². The molecule has 0 bridgehead atoms. The third kappa shape index (κ3) is 4.22. The summed E-state index contributed by atoms with van der Waals surface area (Å²) in [6.07, 6.45) is 6.88. The number of nitrogens with one attached hydrogen (secondary N) is 3. The Bertz CT molecular complexity index is 1000. The van der Waals surface area contributed by atoms with Crippen molar-refractivity contribution in [1.82, 2.24) is 9.88 Å². The normalized spacial score (nSPS) is 17.8. The number of piperidine rings is 1. The van der Waals surface area contributed by atoms with Crippen LogP contribution in [0, 0.1) is 0 Å². The number of fused-ring (bicyclic) bond motifs is 1. The standard InChI is InChI=1S/C21H23N5O3/c22-21(29)24-14-4-5-18-16(9-14)17(20(28)25-18)10-15-8-13(11-23-15)19(27)12-26-6-2-1-3-7-26/h4-5,8-11,23H,1-3,6-7,12H2,(H,25,28)(H3,22,24,29)/b17-10-. The van der Waals surface area contributed by atoms with Crippen LogP contribution in [0.1, 0.15) is 40.9 Å². The van der Waals surface area contributed by atoms with Gasteiger partial charge in [-0.2, -0.15) is 0 Å². The predicted molar refractivity (Wildman–Crippen MR) is 112 cm³/mol. The highest BCUT2D eigenvalue weighted by Crippen LogP contribution is 2.35. The minimum atomic E-state index is -0.672. The average Bonchev–Trinajstić information content (AvgIpc) is 3.28. The number of hydrogen-bond donors (Lipinski definition) is 4. The van der Waals surface area contributed by atoms with Crippen LogP contribution in [-0.2, 0) is 4.79 Å². The lowest BCUT2D eigenvalue weighted by Crippen LogP contribution is -2.34. The molecule has 4 rings (SSSR count). The zero-order chi connectivity index (χ0) is 20.4. The summed E-state index contributed by atoms with van der Waals surface area (Å²) in [6, 6.07) is 6.15. The SMILES string of the molecule is NC(=O)Nc1ccc2c(c1)/C(=C/c1cc(C(=O)CN3CCCCC3)c[nH]1)C(=O)N2. The molecule has 1 fully saturated rings. The molecule has 0 aliphatic carbocycles. The van der Waals surface area contributed by atoms with Crippen molar-refractivity contribution in [3.8, 4) is 0 Å². The summed E-state index contributed by atoms with van der Waals surface area (Å²) < 4.78 is 0. The van der Waals surface area contributed by atoms with Crippen LogP contribution in [0.4, 0.5) is 16.2 Å². The molecule has 2 aliphatic heterocycles. The van der Waals surface area contributed by atoms with Gasteiger partial charge in [-0.15, -0.1) is 0 Å². The lowest BCUT2D eigenvalue weighted by Gasteiger charge is -2.25. The van der Waals surface area contributed by atoms with E-state index in [2.05, 4.69) is 20.5 Å². The number of benzene rings is 1. The average molecular weight is 393 g/mol. The minimum absolute atomic E-state index is 0.0667. The number of aromatic nitrogens is 1. The van der Waals surface area contributed by atoms with Gasteiger partial charge >= 0.3 is 6.03 Å². The molecule has 5 N–H and O–H groups in total. The summed E-state index contributed by atoms with van der Waals surface area (Å²) in [6.45, 7) is 2.34. The van der Waals surface area contributed by atoms with Gasteiger partial charge in [-0.25, -0.2) is 4.79 Å². The van der Waals surface area contributed by atoms with E-state index in [1.807, 2.05) is 0 Å². The third-order valence-electron chi connectivity index (χ3n) is 5.21. The van der Waals surface area contributed by atoms with Gasteiger partial charge in [0.15, 0.2) is 5.78 Å². The highest BCUT2D eigenvalue weighted by Gasteiger charge is 2.25. The quantitative estimate of drug-likeness (QED) is 0.461. The van der Waals surface area contributed by atoms with E-state index in [4.69, 9.17) is 5.73 Å². The molecule has 0 saturated carbocycles. The summed E-state index contributed by atoms with van der Waals surface area (Å²) in [4.78, 5) is 41.3. The van der Waals surface area contributed by atoms with Gasteiger partial charge in [0.05, 0.1) is 12.1 Å². The summed E-state index contributed by atoms with van der Waals surface area (Å²) in [5, 5.41) is 5.30. The Morgan fingerprint density at radius 2 is 1.97 bits per heavy atom. The molecule has 0 spiro atoms. The second kappa shape index (κ2) is 7.92. The van der Waals surface area contributed by atoms with Crippen molar-refractivity contribution < 1.29 is 14.4 Å². The van der Waals surface area contributed by atoms with Gasteiger partial charge < -0.3 is 21.4 Å². The molecule has 0 atom stereocenters. The molecule has 0 unspecified atom stereocenters. The Hall–Kier alpha value is -3.39. The number of rotatable bonds is 5. The lowest BCUT2D eigenvalue weighted by atomic mass is 10.0. The van der Waals surface area contributed by atoms with Gasteiger partial charge in [-0.1, -0.05) is 6.42 Å². The number of likely N-dealkylation sites (tertiary alicyclic amines) is 1. The Kier molecular flexibility index (Phi) is 5.18. The van der Waals surface area contributed by atoms with Crippen LogP contribution in [0.15, 0.2) is 30.5 Å². The van der Waals surface area contributed by atoms with E-state index < -0.39 is 6.03 Å². The molecule has 0 radical (unpaired) electrons. The molecule has 3 amide bonds. The number of H-pyrrole nitrogens is 1. The summed E-state index contributed by atoms with van der Waals surface area (Å²) in [5.74, 6) is -0.177. The number of primary amides is 1. The fourth-order valence-electron chi connectivity index (χ4n) is 3.78. The zero-order valence-electron chi connectivity index (χ0n) is 16.0. The van der Waals surface area contributed by atoms with Gasteiger partial charge in [0.2, 0.25) is 0 Å². The third-order valence-corrected chi connectivity index (χ3v) is 5.21. The van der Waals surface area contributed by atoms with Crippen molar-refractivity contribution in [2.24, 2.45) is 5.73 Å². The van der Waals surface area contributed by atoms with Crippen LogP contribution >= 0.6 is 0 Å². The van der Waals surface area contributed by atoms with Crippen molar-refractivity contribution in [1.29, 1.82) is 0 Å². The van der Waals surface area contributed by atoms with E-state index in [1.54, 1.807) is 36.5 Å². The number of Topliss-reactive ketones (excluding diaryl/α,β-unsaturated/α-hetero) is 1. The maximum absolute atomic E-state index is 12.6. The number of hydrogen-bond acceptors (Lipinski definition) is 4. The van der Waals surface area contributed by atoms with Crippen molar-refractivity contribution in [3.05, 3.63) is 47.3 Å². The smallest absolute Gasteiger partial charge is 0.316 e. The topological polar surface area (TPSA) is 120 Å². The first-order valence-electron chi connectivity index (χ1n) is 9.67. The molecular weight excluding hydrogens is 370 g/mol. The number of ketones is 1. The van der Waals surface area contributed by atoms with Crippen LogP contribution in [0.2, 0.25) is 0 Å². The van der Waals surface area contributed by atoms with Crippen molar-refractivity contribution in [3.63, 3.8) is 0 Å². The van der Waals surface area contributed by atoms with Gasteiger partial charge in [-0.05, 0) is 56.3 Å². The van der Waals surface area contributed by atoms with E-state index in [1.165, 1.54) is 6.42 Å². The monoisotopic (exact) mass is 393 g/mol. The maximum atomic E-state index is 12.6. The van der Waals surface area contributed by atoms with Crippen molar-refractivity contribution in [2.45, 2.75) is 19.3 Å². The van der Waals surface area contributed by atoms with E-state index in [0.717, 1.165) is 25.9 Å². The van der Waals surface area contributed by atoms with Crippen molar-refractivity contribution >= 4 is 40.7 Å². The number of nitrogens with zero attached hydrogens (tertiary/aromatic N) is 1. The molecule has 150 valence electrons. The van der Waals surface area contributed by atoms with Gasteiger partial charge in [0.1, 0.15) is 0 Å². The molecule has 1 saturated heterocycles. The number of carbonyl (C=O) groups excluding carboxylic acids is 3. The maximum Gasteiger partial charge on any atom is 0.316 e. The van der Waals surface area contributed by atoms with Crippen LogP contribution in [0.5, 0.6) is 0 Å². The Morgan fingerprint density at radius 3 is 2.72 bits per heavy atom. The molecule has 2 aromatic rings. The first-order chi connectivity index (χ1) is 14.0. The van der Waals surface area contributed by atoms with Crippen LogP contribution in [0.3, 0.4) is 0 Å². The van der Waals surface area contributed by atoms with Crippen LogP contribution < -0.4 is 16.4 Å². The summed E-state index contributed by atoms with van der Waals surface area (Å²) >= 11 is 0. The summed E-state index contributed by atoms with van der Waals surface area (Å²) in [5.41, 5.74) is 8.70. The number of urea groups is 1. The number of anilines is 2. The number of aromatic amines is 1. The van der Waals surface area contributed by atoms with E-state index in [0.29, 0.717) is 40.3 Å². The molecule has 8 nitrogen and oxygen atoms in total. The zero-order valence-corrected chi connectivity index (χ0v) is 16.0. The number of amides is 3. The second-order valence-corrected chi connectivity index (χ2v) is 7.37. The van der Waals surface area contributed by atoms with Crippen molar-refractivity contribution in [2.75, 3.05) is 30.3 Å². The lowest BCUT2D eigenvalue weighted by molar-refractivity contribution is -0.110. The highest BCUT2D eigenvalue weighted by molar-refractivity contribution is 6.35. The van der Waals surface area contributed by atoms with Gasteiger partial charge in [0.25, 0.3) is 5.91 Å². The fraction of sp³-hybridized carbons (Fsp3) is 0.286. The second-order valence-electron chi connectivity index (χ2n) is 7.37. The first kappa shape index (κ1) is 18.9. The van der Waals surface area contributed by atoms with Gasteiger partial charge in [-0.3, -0.25) is 14.5 Å². The Morgan fingerprint density at radius 1 is 1.17 bits per heavy atom. The van der Waals surface area contributed by atoms with E-state index in [9.17, 15) is 14.4 Å². The molecule has 1 aromatic carbocycles. The molecule has 8 heteroatoms.